The molecule has 0 radical (unpaired) electrons. The lowest BCUT2D eigenvalue weighted by Gasteiger charge is -2.04. The lowest BCUT2D eigenvalue weighted by atomic mass is 10.1. The Hall–Kier alpha value is -2.89. The molecule has 2 aromatic heterocycles. The predicted octanol–water partition coefficient (Wildman–Crippen LogP) is 3.30. The van der Waals surface area contributed by atoms with Gasteiger partial charge >= 0.3 is 5.97 Å². The minimum atomic E-state index is -0.426. The zero-order valence-electron chi connectivity index (χ0n) is 12.2. The lowest BCUT2D eigenvalue weighted by Crippen LogP contribution is -2.06. The van der Waals surface area contributed by atoms with Gasteiger partial charge < -0.3 is 13.6 Å². The number of rotatable bonds is 4. The van der Waals surface area contributed by atoms with Crippen molar-refractivity contribution in [2.75, 3.05) is 0 Å². The molecule has 2 heterocycles. The Kier molecular flexibility index (Phi) is 3.74. The first kappa shape index (κ1) is 14.1. The third-order valence-electron chi connectivity index (χ3n) is 2.98. The molecule has 6 nitrogen and oxygen atoms in total. The number of carbonyl (C=O) groups is 1. The van der Waals surface area contributed by atoms with E-state index in [2.05, 4.69) is 10.2 Å². The Balaban J connectivity index is 1.66. The van der Waals surface area contributed by atoms with Gasteiger partial charge in [0.2, 0.25) is 0 Å². The average Bonchev–Trinajstić information content (AvgIpc) is 3.14. The number of aromatic nitrogens is 2. The summed E-state index contributed by atoms with van der Waals surface area (Å²) in [6, 6.07) is 8.97. The Labute approximate surface area is 126 Å². The van der Waals surface area contributed by atoms with Gasteiger partial charge in [-0.15, -0.1) is 10.2 Å². The maximum absolute atomic E-state index is 12.0. The van der Waals surface area contributed by atoms with Crippen molar-refractivity contribution in [3.8, 4) is 11.7 Å². The number of aryl methyl sites for hydroxylation is 2. The third kappa shape index (κ3) is 3.06. The van der Waals surface area contributed by atoms with Crippen LogP contribution in [0.2, 0.25) is 0 Å². The van der Waals surface area contributed by atoms with Gasteiger partial charge in [-0.25, -0.2) is 4.79 Å². The molecule has 0 saturated heterocycles. The smallest absolute Gasteiger partial charge is 0.338 e. The number of nitrogens with zero attached hydrogens (tertiary/aromatic N) is 2. The van der Waals surface area contributed by atoms with Gasteiger partial charge in [-0.05, 0) is 38.1 Å². The van der Waals surface area contributed by atoms with Crippen molar-refractivity contribution >= 4 is 5.97 Å². The first-order valence-corrected chi connectivity index (χ1v) is 6.73. The summed E-state index contributed by atoms with van der Waals surface area (Å²) in [7, 11) is 0. The fourth-order valence-corrected chi connectivity index (χ4v) is 2.11. The lowest BCUT2D eigenvalue weighted by molar-refractivity contribution is 0.0438. The fraction of sp³-hybridized carbons (Fsp3) is 0.188. The molecule has 0 amide bonds. The molecule has 0 saturated carbocycles. The van der Waals surface area contributed by atoms with Crippen LogP contribution in [0.15, 0.2) is 45.4 Å². The van der Waals surface area contributed by atoms with E-state index in [0.29, 0.717) is 11.3 Å². The monoisotopic (exact) mass is 298 g/mol. The van der Waals surface area contributed by atoms with Crippen molar-refractivity contribution in [2.45, 2.75) is 20.5 Å². The largest absolute Gasteiger partial charge is 0.459 e. The highest BCUT2D eigenvalue weighted by Crippen LogP contribution is 2.18. The molecule has 0 fully saturated rings. The van der Waals surface area contributed by atoms with Gasteiger partial charge in [-0.1, -0.05) is 17.2 Å². The van der Waals surface area contributed by atoms with Crippen LogP contribution in [0.1, 0.15) is 27.4 Å². The van der Waals surface area contributed by atoms with E-state index >= 15 is 0 Å². The van der Waals surface area contributed by atoms with E-state index in [-0.39, 0.29) is 18.4 Å². The summed E-state index contributed by atoms with van der Waals surface area (Å²) >= 11 is 0. The molecule has 0 spiro atoms. The van der Waals surface area contributed by atoms with Crippen molar-refractivity contribution in [1.29, 1.82) is 0 Å². The summed E-state index contributed by atoms with van der Waals surface area (Å²) in [5.41, 5.74) is 2.51. The maximum Gasteiger partial charge on any atom is 0.338 e. The van der Waals surface area contributed by atoms with Gasteiger partial charge in [0.1, 0.15) is 0 Å². The van der Waals surface area contributed by atoms with E-state index < -0.39 is 5.97 Å². The molecule has 1 aromatic carbocycles. The molecule has 0 aliphatic heterocycles. The molecule has 0 aliphatic carbocycles. The van der Waals surface area contributed by atoms with Gasteiger partial charge in [-0.2, -0.15) is 0 Å². The molecule has 0 N–H and O–H groups in total. The summed E-state index contributed by atoms with van der Waals surface area (Å²) in [6.45, 7) is 3.77. The van der Waals surface area contributed by atoms with Crippen LogP contribution in [-0.2, 0) is 11.3 Å². The SMILES string of the molecule is Cc1cc(C)cc(C(=O)OCc2nnc(-c3ccco3)o2)c1. The molecular formula is C16H14N2O4. The van der Waals surface area contributed by atoms with Gasteiger partial charge in [0.15, 0.2) is 12.4 Å². The predicted molar refractivity (Wildman–Crippen MR) is 77.0 cm³/mol. The van der Waals surface area contributed by atoms with Crippen LogP contribution in [-0.4, -0.2) is 16.2 Å². The van der Waals surface area contributed by atoms with Crippen LogP contribution in [0, 0.1) is 13.8 Å². The van der Waals surface area contributed by atoms with E-state index in [1.54, 1.807) is 24.3 Å². The number of furan rings is 1. The van der Waals surface area contributed by atoms with Gasteiger partial charge in [0.05, 0.1) is 11.8 Å². The molecule has 22 heavy (non-hydrogen) atoms. The number of hydrogen-bond donors (Lipinski definition) is 0. The fourth-order valence-electron chi connectivity index (χ4n) is 2.11. The molecule has 3 aromatic rings. The molecule has 0 unspecified atom stereocenters. The van der Waals surface area contributed by atoms with Crippen LogP contribution >= 0.6 is 0 Å². The number of carbonyl (C=O) groups excluding carboxylic acids is 1. The third-order valence-corrected chi connectivity index (χ3v) is 2.98. The molecule has 0 atom stereocenters. The first-order valence-electron chi connectivity index (χ1n) is 6.73. The second kappa shape index (κ2) is 5.85. The highest BCUT2D eigenvalue weighted by molar-refractivity contribution is 5.89. The Morgan fingerprint density at radius 3 is 2.64 bits per heavy atom. The first-order chi connectivity index (χ1) is 10.6. The second-order valence-electron chi connectivity index (χ2n) is 4.93. The summed E-state index contributed by atoms with van der Waals surface area (Å²) in [6.07, 6.45) is 1.51. The van der Waals surface area contributed by atoms with E-state index in [4.69, 9.17) is 13.6 Å². The topological polar surface area (TPSA) is 78.4 Å². The molecule has 0 aliphatic rings. The van der Waals surface area contributed by atoms with Crippen molar-refractivity contribution in [2.24, 2.45) is 0 Å². The van der Waals surface area contributed by atoms with E-state index in [0.717, 1.165) is 11.1 Å². The van der Waals surface area contributed by atoms with Crippen LogP contribution in [0.4, 0.5) is 0 Å². The van der Waals surface area contributed by atoms with Crippen LogP contribution in [0.5, 0.6) is 0 Å². The Morgan fingerprint density at radius 2 is 1.95 bits per heavy atom. The molecule has 112 valence electrons. The number of ether oxygens (including phenoxy) is 1. The van der Waals surface area contributed by atoms with Gasteiger partial charge in [-0.3, -0.25) is 0 Å². The Bertz CT molecular complexity index is 770. The van der Waals surface area contributed by atoms with Crippen LogP contribution in [0.25, 0.3) is 11.7 Å². The van der Waals surface area contributed by atoms with Crippen LogP contribution < -0.4 is 0 Å². The van der Waals surface area contributed by atoms with Crippen molar-refractivity contribution < 1.29 is 18.4 Å². The second-order valence-corrected chi connectivity index (χ2v) is 4.93. The number of hydrogen-bond acceptors (Lipinski definition) is 6. The van der Waals surface area contributed by atoms with Crippen molar-refractivity contribution in [3.05, 3.63) is 59.2 Å². The van der Waals surface area contributed by atoms with Crippen molar-refractivity contribution in [3.63, 3.8) is 0 Å². The highest BCUT2D eigenvalue weighted by atomic mass is 16.5. The molecular weight excluding hydrogens is 284 g/mol. The average molecular weight is 298 g/mol. The van der Waals surface area contributed by atoms with E-state index in [9.17, 15) is 4.79 Å². The number of benzene rings is 1. The minimum absolute atomic E-state index is 0.0838. The molecule has 0 bridgehead atoms. The normalized spacial score (nSPS) is 10.6. The summed E-state index contributed by atoms with van der Waals surface area (Å²) < 4.78 is 15.7. The van der Waals surface area contributed by atoms with Gasteiger partial charge in [0, 0.05) is 0 Å². The highest BCUT2D eigenvalue weighted by Gasteiger charge is 2.14. The quantitative estimate of drug-likeness (QED) is 0.688. The summed E-state index contributed by atoms with van der Waals surface area (Å²) in [5, 5.41) is 7.65. The zero-order valence-corrected chi connectivity index (χ0v) is 12.2. The van der Waals surface area contributed by atoms with E-state index in [1.165, 1.54) is 6.26 Å². The maximum atomic E-state index is 12.0. The van der Waals surface area contributed by atoms with Crippen LogP contribution in [0.3, 0.4) is 0 Å². The summed E-state index contributed by atoms with van der Waals surface area (Å²) in [4.78, 5) is 12.0. The summed E-state index contributed by atoms with van der Waals surface area (Å²) in [5.74, 6) is 0.510. The zero-order chi connectivity index (χ0) is 15.5. The molecule has 3 rings (SSSR count). The van der Waals surface area contributed by atoms with Gasteiger partial charge in [0.25, 0.3) is 11.8 Å². The standard InChI is InChI=1S/C16H14N2O4/c1-10-6-11(2)8-12(7-10)16(19)21-9-14-17-18-15(22-14)13-4-3-5-20-13/h3-8H,9H2,1-2H3. The van der Waals surface area contributed by atoms with Crippen molar-refractivity contribution in [1.82, 2.24) is 10.2 Å². The minimum Gasteiger partial charge on any atom is -0.459 e. The van der Waals surface area contributed by atoms with E-state index in [1.807, 2.05) is 19.9 Å². The molecule has 6 heteroatoms. The Morgan fingerprint density at radius 1 is 1.18 bits per heavy atom. The number of esters is 1.